The summed E-state index contributed by atoms with van der Waals surface area (Å²) in [6.07, 6.45) is 6.70. The molecule has 1 aliphatic carbocycles. The van der Waals surface area contributed by atoms with E-state index < -0.39 is 0 Å². The van der Waals surface area contributed by atoms with Gasteiger partial charge in [0.15, 0.2) is 0 Å². The zero-order chi connectivity index (χ0) is 17.8. The number of likely N-dealkylation sites (tertiary alicyclic amines) is 1. The summed E-state index contributed by atoms with van der Waals surface area (Å²) in [6, 6.07) is 2.02. The van der Waals surface area contributed by atoms with Gasteiger partial charge in [0.25, 0.3) is 0 Å². The van der Waals surface area contributed by atoms with E-state index in [9.17, 15) is 9.59 Å². The maximum atomic E-state index is 12.7. The Kier molecular flexibility index (Phi) is 5.66. The Hall–Kier alpha value is -1.98. The smallest absolute Gasteiger partial charge is 0.317 e. The van der Waals surface area contributed by atoms with E-state index >= 15 is 0 Å². The molecule has 2 aliphatic rings. The average Bonchev–Trinajstić information content (AvgIpc) is 3.09. The monoisotopic (exact) mass is 347 g/mol. The Labute approximate surface area is 149 Å². The van der Waals surface area contributed by atoms with Crippen molar-refractivity contribution in [3.05, 3.63) is 23.7 Å². The number of aryl methyl sites for hydroxylation is 1. The van der Waals surface area contributed by atoms with Gasteiger partial charge in [0.05, 0.1) is 12.3 Å². The van der Waals surface area contributed by atoms with Crippen LogP contribution in [0.15, 0.2) is 16.7 Å². The number of nitrogens with zero attached hydrogens (tertiary/aromatic N) is 1. The fourth-order valence-corrected chi connectivity index (χ4v) is 3.74. The minimum absolute atomic E-state index is 0.000985. The third-order valence-corrected chi connectivity index (χ3v) is 5.25. The second-order valence-electron chi connectivity index (χ2n) is 7.55. The molecule has 3 amide bonds. The Morgan fingerprint density at radius 2 is 2.16 bits per heavy atom. The number of urea groups is 1. The van der Waals surface area contributed by atoms with Crippen LogP contribution in [-0.2, 0) is 11.2 Å². The Balaban J connectivity index is 1.52. The summed E-state index contributed by atoms with van der Waals surface area (Å²) in [6.45, 7) is 5.92. The maximum Gasteiger partial charge on any atom is 0.317 e. The highest BCUT2D eigenvalue weighted by Crippen LogP contribution is 2.30. The molecular formula is C19H29N3O3. The van der Waals surface area contributed by atoms with Crippen molar-refractivity contribution in [3.8, 4) is 0 Å². The number of furan rings is 1. The van der Waals surface area contributed by atoms with Crippen LogP contribution in [0.1, 0.15) is 56.9 Å². The summed E-state index contributed by atoms with van der Waals surface area (Å²) in [5.41, 5.74) is 1.12. The normalized spacial score (nSPS) is 23.2. The molecule has 2 atom stereocenters. The van der Waals surface area contributed by atoms with Crippen LogP contribution < -0.4 is 10.6 Å². The highest BCUT2D eigenvalue weighted by Gasteiger charge is 2.28. The Morgan fingerprint density at radius 1 is 1.32 bits per heavy atom. The number of amides is 3. The molecule has 25 heavy (non-hydrogen) atoms. The summed E-state index contributed by atoms with van der Waals surface area (Å²) in [4.78, 5) is 26.3. The largest absolute Gasteiger partial charge is 0.469 e. The van der Waals surface area contributed by atoms with Crippen LogP contribution in [0.2, 0.25) is 0 Å². The fraction of sp³-hybridized carbons (Fsp3) is 0.684. The van der Waals surface area contributed by atoms with E-state index in [4.69, 9.17) is 4.42 Å². The lowest BCUT2D eigenvalue weighted by molar-refractivity contribution is -0.124. The highest BCUT2D eigenvalue weighted by molar-refractivity contribution is 5.78. The molecule has 0 radical (unpaired) electrons. The molecular weight excluding hydrogens is 318 g/mol. The lowest BCUT2D eigenvalue weighted by Crippen LogP contribution is -2.48. The molecule has 1 saturated heterocycles. The van der Waals surface area contributed by atoms with E-state index in [2.05, 4.69) is 10.6 Å². The quantitative estimate of drug-likeness (QED) is 0.879. The van der Waals surface area contributed by atoms with E-state index in [-0.39, 0.29) is 23.9 Å². The first-order chi connectivity index (χ1) is 12.0. The Bertz CT molecular complexity index is 611. The molecule has 1 aliphatic heterocycles. The van der Waals surface area contributed by atoms with Gasteiger partial charge in [-0.1, -0.05) is 13.8 Å². The van der Waals surface area contributed by atoms with Gasteiger partial charge >= 0.3 is 6.03 Å². The number of rotatable bonds is 4. The number of piperidine rings is 1. The minimum Gasteiger partial charge on any atom is -0.469 e. The third kappa shape index (κ3) is 4.35. The number of fused-ring (bicyclic) bond motifs is 1. The van der Waals surface area contributed by atoms with Crippen LogP contribution in [0.25, 0.3) is 0 Å². The van der Waals surface area contributed by atoms with Gasteiger partial charge in [-0.05, 0) is 37.7 Å². The summed E-state index contributed by atoms with van der Waals surface area (Å²) in [5, 5.41) is 6.17. The van der Waals surface area contributed by atoms with Crippen molar-refractivity contribution in [1.82, 2.24) is 15.5 Å². The number of nitrogens with one attached hydrogen (secondary N) is 2. The first kappa shape index (κ1) is 17.8. The van der Waals surface area contributed by atoms with Gasteiger partial charge in [0.1, 0.15) is 5.76 Å². The average molecular weight is 347 g/mol. The molecule has 2 heterocycles. The highest BCUT2D eigenvalue weighted by atomic mass is 16.3. The van der Waals surface area contributed by atoms with E-state index in [0.29, 0.717) is 19.0 Å². The molecule has 1 aromatic rings. The number of carbonyl (C=O) groups is 2. The predicted molar refractivity (Wildman–Crippen MR) is 95.1 cm³/mol. The van der Waals surface area contributed by atoms with E-state index in [0.717, 1.165) is 50.0 Å². The lowest BCUT2D eigenvalue weighted by Gasteiger charge is -2.34. The predicted octanol–water partition coefficient (Wildman–Crippen LogP) is 2.85. The summed E-state index contributed by atoms with van der Waals surface area (Å²) in [7, 11) is 0. The number of hydrogen-bond acceptors (Lipinski definition) is 3. The zero-order valence-electron chi connectivity index (χ0n) is 15.2. The topological polar surface area (TPSA) is 74.6 Å². The van der Waals surface area contributed by atoms with Crippen LogP contribution in [-0.4, -0.2) is 36.5 Å². The van der Waals surface area contributed by atoms with Crippen molar-refractivity contribution in [2.24, 2.45) is 11.8 Å². The molecule has 2 N–H and O–H groups in total. The van der Waals surface area contributed by atoms with Gasteiger partial charge in [0.2, 0.25) is 5.91 Å². The summed E-state index contributed by atoms with van der Waals surface area (Å²) < 4.78 is 5.50. The van der Waals surface area contributed by atoms with Crippen molar-refractivity contribution in [2.45, 2.75) is 52.0 Å². The van der Waals surface area contributed by atoms with Crippen molar-refractivity contribution < 1.29 is 14.0 Å². The number of hydrogen-bond donors (Lipinski definition) is 2. The van der Waals surface area contributed by atoms with Gasteiger partial charge in [-0.3, -0.25) is 4.79 Å². The van der Waals surface area contributed by atoms with Gasteiger partial charge < -0.3 is 20.0 Å². The van der Waals surface area contributed by atoms with E-state index in [1.54, 1.807) is 6.26 Å². The summed E-state index contributed by atoms with van der Waals surface area (Å²) >= 11 is 0. The lowest BCUT2D eigenvalue weighted by atomic mass is 9.93. The van der Waals surface area contributed by atoms with Gasteiger partial charge in [0, 0.05) is 37.5 Å². The van der Waals surface area contributed by atoms with Gasteiger partial charge in [-0.15, -0.1) is 0 Å². The minimum atomic E-state index is -0.00144. The van der Waals surface area contributed by atoms with Crippen LogP contribution in [0.4, 0.5) is 4.79 Å². The van der Waals surface area contributed by atoms with Crippen LogP contribution in [0.3, 0.4) is 0 Å². The molecule has 3 rings (SSSR count). The standard InChI is InChI=1S/C19H29N3O3/c1-13(2)18(23)20-11-14-5-4-9-22(12-14)19(24)21-16-6-3-7-17-15(16)8-10-25-17/h8,10,13-14,16H,3-7,9,11-12H2,1-2H3,(H,20,23)(H,21,24)/t14-,16+/m1/s1. The molecule has 0 spiro atoms. The SMILES string of the molecule is CC(C)C(=O)NC[C@H]1CCCN(C(=O)N[C@H]2CCCc3occc32)C1. The zero-order valence-corrected chi connectivity index (χ0v) is 15.2. The molecule has 6 heteroatoms. The molecule has 138 valence electrons. The van der Waals surface area contributed by atoms with Crippen LogP contribution in [0.5, 0.6) is 0 Å². The van der Waals surface area contributed by atoms with Crippen molar-refractivity contribution >= 4 is 11.9 Å². The number of carbonyl (C=O) groups excluding carboxylic acids is 2. The fourth-order valence-electron chi connectivity index (χ4n) is 3.74. The van der Waals surface area contributed by atoms with Crippen molar-refractivity contribution in [1.29, 1.82) is 0 Å². The maximum absolute atomic E-state index is 12.7. The van der Waals surface area contributed by atoms with Crippen LogP contribution >= 0.6 is 0 Å². The Morgan fingerprint density at radius 3 is 2.96 bits per heavy atom. The molecule has 0 unspecified atom stereocenters. The molecule has 0 aromatic carbocycles. The first-order valence-electron chi connectivity index (χ1n) is 9.44. The molecule has 0 saturated carbocycles. The van der Waals surface area contributed by atoms with Gasteiger partial charge in [-0.25, -0.2) is 4.79 Å². The summed E-state index contributed by atoms with van der Waals surface area (Å²) in [5.74, 6) is 1.41. The molecule has 6 nitrogen and oxygen atoms in total. The first-order valence-corrected chi connectivity index (χ1v) is 9.44. The second kappa shape index (κ2) is 7.93. The molecule has 0 bridgehead atoms. The van der Waals surface area contributed by atoms with E-state index in [1.807, 2.05) is 24.8 Å². The second-order valence-corrected chi connectivity index (χ2v) is 7.55. The van der Waals surface area contributed by atoms with E-state index in [1.165, 1.54) is 0 Å². The van der Waals surface area contributed by atoms with Crippen molar-refractivity contribution in [2.75, 3.05) is 19.6 Å². The molecule has 1 fully saturated rings. The van der Waals surface area contributed by atoms with Gasteiger partial charge in [-0.2, -0.15) is 0 Å². The van der Waals surface area contributed by atoms with Crippen LogP contribution in [0, 0.1) is 11.8 Å². The molecule has 1 aromatic heterocycles. The third-order valence-electron chi connectivity index (χ3n) is 5.25. The van der Waals surface area contributed by atoms with Crippen molar-refractivity contribution in [3.63, 3.8) is 0 Å².